The number of benzene rings is 4. The number of rotatable bonds is 14. The largest absolute Gasteiger partial charge is 0.497 e. The minimum Gasteiger partial charge on any atom is -0.497 e. The van der Waals surface area contributed by atoms with Crippen LogP contribution in [0.3, 0.4) is 0 Å². The van der Waals surface area contributed by atoms with Crippen molar-refractivity contribution >= 4 is 50.7 Å². The molecule has 4 aromatic carbocycles. The monoisotopic (exact) mass is 695 g/mol. The van der Waals surface area contributed by atoms with Gasteiger partial charge in [-0.05, 0) is 67.8 Å². The first-order chi connectivity index (χ1) is 22.4. The second kappa shape index (κ2) is 16.2. The van der Waals surface area contributed by atoms with Gasteiger partial charge in [0.05, 0.1) is 27.7 Å². The van der Waals surface area contributed by atoms with Gasteiger partial charge in [0.1, 0.15) is 18.3 Å². The van der Waals surface area contributed by atoms with Gasteiger partial charge in [-0.15, -0.1) is 0 Å². The third-order valence-electron chi connectivity index (χ3n) is 7.85. The molecule has 0 aliphatic rings. The van der Waals surface area contributed by atoms with E-state index in [9.17, 15) is 18.0 Å². The van der Waals surface area contributed by atoms with Gasteiger partial charge >= 0.3 is 0 Å². The van der Waals surface area contributed by atoms with Gasteiger partial charge in [0, 0.05) is 19.0 Å². The van der Waals surface area contributed by atoms with Gasteiger partial charge in [0.15, 0.2) is 0 Å². The van der Waals surface area contributed by atoms with Crippen LogP contribution in [0.5, 0.6) is 5.75 Å². The molecule has 11 heteroatoms. The zero-order valence-electron chi connectivity index (χ0n) is 26.8. The van der Waals surface area contributed by atoms with Crippen molar-refractivity contribution in [1.29, 1.82) is 0 Å². The molecule has 0 spiro atoms. The molecule has 248 valence electrons. The highest BCUT2D eigenvalue weighted by Crippen LogP contribution is 2.36. The zero-order chi connectivity index (χ0) is 34.1. The van der Waals surface area contributed by atoms with Crippen molar-refractivity contribution < 1.29 is 22.7 Å². The molecular formula is C36H39Cl2N3O5S. The summed E-state index contributed by atoms with van der Waals surface area (Å²) >= 11 is 12.9. The fourth-order valence-electron chi connectivity index (χ4n) is 5.00. The molecule has 0 radical (unpaired) electrons. The van der Waals surface area contributed by atoms with Crippen molar-refractivity contribution in [2.75, 3.05) is 18.0 Å². The number of aryl methyl sites for hydroxylation is 1. The molecule has 2 unspecified atom stereocenters. The Hall–Kier alpha value is -4.05. The number of halogens is 2. The number of nitrogens with zero attached hydrogens (tertiary/aromatic N) is 2. The maximum absolute atomic E-state index is 14.6. The Morgan fingerprint density at radius 1 is 0.894 bits per heavy atom. The number of nitrogens with one attached hydrogen (secondary N) is 1. The quantitative estimate of drug-likeness (QED) is 0.152. The highest BCUT2D eigenvalue weighted by atomic mass is 35.5. The third-order valence-corrected chi connectivity index (χ3v) is 10.4. The molecular weight excluding hydrogens is 657 g/mol. The Morgan fingerprint density at radius 3 is 2.21 bits per heavy atom. The lowest BCUT2D eigenvalue weighted by Crippen LogP contribution is -2.54. The van der Waals surface area contributed by atoms with Crippen LogP contribution in [0, 0.1) is 6.92 Å². The van der Waals surface area contributed by atoms with Gasteiger partial charge in [-0.1, -0.05) is 96.4 Å². The summed E-state index contributed by atoms with van der Waals surface area (Å²) in [6, 6.07) is 26.3. The van der Waals surface area contributed by atoms with E-state index < -0.39 is 28.5 Å². The van der Waals surface area contributed by atoms with Crippen molar-refractivity contribution in [2.24, 2.45) is 0 Å². The standard InChI is InChI=1S/C36H39Cl2N3O5S/c1-5-26(3)39-36(43)33(22-27-11-7-6-8-12-27)40(23-28-13-9-14-29(21-28)46-4)34(42)24-41(32-16-10-15-31(37)35(32)38)47(44,45)30-19-17-25(2)18-20-30/h6-21,26,33H,5,22-24H2,1-4H3,(H,39,43). The summed E-state index contributed by atoms with van der Waals surface area (Å²) in [5.74, 6) is -0.388. The van der Waals surface area contributed by atoms with Crippen molar-refractivity contribution in [3.63, 3.8) is 0 Å². The maximum atomic E-state index is 14.6. The number of carbonyl (C=O) groups excluding carboxylic acids is 2. The van der Waals surface area contributed by atoms with Gasteiger partial charge in [-0.3, -0.25) is 13.9 Å². The Bertz CT molecular complexity index is 1790. The second-order valence-electron chi connectivity index (χ2n) is 11.3. The molecule has 1 N–H and O–H groups in total. The number of anilines is 1. The summed E-state index contributed by atoms with van der Waals surface area (Å²) in [6.45, 7) is 5.05. The molecule has 0 saturated carbocycles. The van der Waals surface area contributed by atoms with E-state index in [2.05, 4.69) is 5.32 Å². The first-order valence-corrected chi connectivity index (χ1v) is 17.4. The summed E-state index contributed by atoms with van der Waals surface area (Å²) in [5.41, 5.74) is 2.44. The van der Waals surface area contributed by atoms with E-state index in [4.69, 9.17) is 27.9 Å². The van der Waals surface area contributed by atoms with Crippen LogP contribution >= 0.6 is 23.2 Å². The molecule has 47 heavy (non-hydrogen) atoms. The van der Waals surface area contributed by atoms with Crippen molar-refractivity contribution in [2.45, 2.75) is 57.1 Å². The summed E-state index contributed by atoms with van der Waals surface area (Å²) < 4.78 is 34.9. The molecule has 0 fully saturated rings. The van der Waals surface area contributed by atoms with Crippen molar-refractivity contribution in [3.8, 4) is 5.75 Å². The van der Waals surface area contributed by atoms with Crippen LogP contribution in [0.15, 0.2) is 102 Å². The average molecular weight is 697 g/mol. The number of hydrogen-bond acceptors (Lipinski definition) is 5. The van der Waals surface area contributed by atoms with Crippen LogP contribution in [-0.2, 0) is 32.6 Å². The SMILES string of the molecule is CCC(C)NC(=O)C(Cc1ccccc1)N(Cc1cccc(OC)c1)C(=O)CN(c1cccc(Cl)c1Cl)S(=O)(=O)c1ccc(C)cc1. The molecule has 4 aromatic rings. The minimum atomic E-state index is -4.33. The predicted octanol–water partition coefficient (Wildman–Crippen LogP) is 7.06. The molecule has 2 amide bonds. The average Bonchev–Trinajstić information content (AvgIpc) is 3.07. The van der Waals surface area contributed by atoms with Crippen molar-refractivity contribution in [1.82, 2.24) is 10.2 Å². The van der Waals surface area contributed by atoms with Gasteiger partial charge < -0.3 is 15.0 Å². The summed E-state index contributed by atoms with van der Waals surface area (Å²) in [4.78, 5) is 30.0. The summed E-state index contributed by atoms with van der Waals surface area (Å²) in [6.07, 6.45) is 0.880. The maximum Gasteiger partial charge on any atom is 0.264 e. The normalized spacial score (nSPS) is 12.6. The van der Waals surface area contributed by atoms with E-state index in [0.29, 0.717) is 17.7 Å². The Balaban J connectivity index is 1.85. The highest BCUT2D eigenvalue weighted by molar-refractivity contribution is 7.92. The van der Waals surface area contributed by atoms with Gasteiger partial charge in [0.2, 0.25) is 11.8 Å². The number of hydrogen-bond donors (Lipinski definition) is 1. The Labute approximate surface area is 287 Å². The smallest absolute Gasteiger partial charge is 0.264 e. The summed E-state index contributed by atoms with van der Waals surface area (Å²) in [7, 11) is -2.78. The van der Waals surface area contributed by atoms with E-state index in [-0.39, 0.29) is 45.5 Å². The molecule has 0 bridgehead atoms. The molecule has 0 aliphatic heterocycles. The van der Waals surface area contributed by atoms with Crippen LogP contribution in [0.4, 0.5) is 5.69 Å². The van der Waals surface area contributed by atoms with Gasteiger partial charge in [0.25, 0.3) is 10.0 Å². The van der Waals surface area contributed by atoms with Crippen LogP contribution in [-0.4, -0.2) is 50.9 Å². The molecule has 8 nitrogen and oxygen atoms in total. The first-order valence-electron chi connectivity index (χ1n) is 15.2. The van der Waals surface area contributed by atoms with Gasteiger partial charge in [-0.2, -0.15) is 0 Å². The molecule has 4 rings (SSSR count). The zero-order valence-corrected chi connectivity index (χ0v) is 29.1. The molecule has 0 aromatic heterocycles. The number of methoxy groups -OCH3 is 1. The van der Waals surface area contributed by atoms with E-state index >= 15 is 0 Å². The number of carbonyl (C=O) groups is 2. The fraction of sp³-hybridized carbons (Fsp3) is 0.278. The van der Waals surface area contributed by atoms with Crippen LogP contribution < -0.4 is 14.4 Å². The van der Waals surface area contributed by atoms with Crippen LogP contribution in [0.2, 0.25) is 10.0 Å². The van der Waals surface area contributed by atoms with E-state index in [1.807, 2.05) is 57.2 Å². The fourth-order valence-corrected chi connectivity index (χ4v) is 6.87. The molecule has 0 aliphatic carbocycles. The lowest BCUT2D eigenvalue weighted by molar-refractivity contribution is -0.140. The molecule has 0 saturated heterocycles. The minimum absolute atomic E-state index is 0.00313. The Morgan fingerprint density at radius 2 is 1.55 bits per heavy atom. The van der Waals surface area contributed by atoms with E-state index in [1.165, 1.54) is 29.2 Å². The van der Waals surface area contributed by atoms with E-state index in [0.717, 1.165) is 15.4 Å². The lowest BCUT2D eigenvalue weighted by atomic mass is 10.0. The summed E-state index contributed by atoms with van der Waals surface area (Å²) in [5, 5.41) is 3.14. The molecule has 2 atom stereocenters. The third kappa shape index (κ3) is 9.06. The van der Waals surface area contributed by atoms with Crippen molar-refractivity contribution in [3.05, 3.63) is 124 Å². The topological polar surface area (TPSA) is 96.0 Å². The van der Waals surface area contributed by atoms with E-state index in [1.54, 1.807) is 43.5 Å². The highest BCUT2D eigenvalue weighted by Gasteiger charge is 2.35. The number of ether oxygens (including phenoxy) is 1. The molecule has 0 heterocycles. The van der Waals surface area contributed by atoms with Crippen LogP contribution in [0.1, 0.15) is 37.0 Å². The Kier molecular flexibility index (Phi) is 12.3. The first kappa shape index (κ1) is 35.8. The number of amides is 2. The van der Waals surface area contributed by atoms with Gasteiger partial charge in [-0.25, -0.2) is 8.42 Å². The second-order valence-corrected chi connectivity index (χ2v) is 13.9. The predicted molar refractivity (Wildman–Crippen MR) is 188 cm³/mol. The number of sulfonamides is 1. The van der Waals surface area contributed by atoms with Crippen LogP contribution in [0.25, 0.3) is 0 Å². The lowest BCUT2D eigenvalue weighted by Gasteiger charge is -2.34.